The highest BCUT2D eigenvalue weighted by molar-refractivity contribution is 5.89. The minimum Gasteiger partial charge on any atom is -0.463 e. The van der Waals surface area contributed by atoms with Crippen molar-refractivity contribution >= 4 is 29.8 Å². The molecule has 0 radical (unpaired) electrons. The van der Waals surface area contributed by atoms with Crippen molar-refractivity contribution in [2.24, 2.45) is 0 Å². The third-order valence-electron chi connectivity index (χ3n) is 2.49. The summed E-state index contributed by atoms with van der Waals surface area (Å²) in [5.41, 5.74) is 7.87. The van der Waals surface area contributed by atoms with E-state index >= 15 is 0 Å². The second-order valence-electron chi connectivity index (χ2n) is 4.06. The average Bonchev–Trinajstić information content (AvgIpc) is 2.45. The van der Waals surface area contributed by atoms with Crippen molar-refractivity contribution in [2.75, 3.05) is 18.9 Å². The second-order valence-corrected chi connectivity index (χ2v) is 4.06. The smallest absolute Gasteiger partial charge is 0.330 e. The van der Waals surface area contributed by atoms with E-state index in [1.165, 1.54) is 12.2 Å². The number of nitrogens with two attached hydrogens (primary N) is 1. The van der Waals surface area contributed by atoms with Crippen molar-refractivity contribution in [1.29, 1.82) is 0 Å². The van der Waals surface area contributed by atoms with Crippen LogP contribution >= 0.6 is 0 Å². The van der Waals surface area contributed by atoms with Gasteiger partial charge < -0.3 is 15.2 Å². The maximum Gasteiger partial charge on any atom is 0.330 e. The highest BCUT2D eigenvalue weighted by Crippen LogP contribution is 2.17. The van der Waals surface area contributed by atoms with E-state index in [1.807, 2.05) is 0 Å². The Balaban J connectivity index is 2.76. The van der Waals surface area contributed by atoms with E-state index in [4.69, 9.17) is 15.2 Å². The Labute approximate surface area is 124 Å². The first-order valence-electron chi connectivity index (χ1n) is 6.66. The van der Waals surface area contributed by atoms with Gasteiger partial charge in [-0.15, -0.1) is 0 Å². The van der Waals surface area contributed by atoms with Gasteiger partial charge >= 0.3 is 11.9 Å². The van der Waals surface area contributed by atoms with Gasteiger partial charge in [0.05, 0.1) is 13.2 Å². The van der Waals surface area contributed by atoms with Crippen LogP contribution in [0.2, 0.25) is 0 Å². The average molecular weight is 289 g/mol. The summed E-state index contributed by atoms with van der Waals surface area (Å²) in [6.45, 7) is 4.15. The molecule has 0 saturated carbocycles. The van der Waals surface area contributed by atoms with Crippen molar-refractivity contribution in [1.82, 2.24) is 0 Å². The van der Waals surface area contributed by atoms with Crippen LogP contribution in [0.25, 0.3) is 12.2 Å². The SMILES string of the molecule is CCOC(=O)C=Cc1ccc(C=CC(=O)OCC)c(N)c1. The lowest BCUT2D eigenvalue weighted by Crippen LogP contribution is -1.99. The first-order valence-corrected chi connectivity index (χ1v) is 6.66. The zero-order valence-electron chi connectivity index (χ0n) is 12.2. The molecule has 0 heterocycles. The summed E-state index contributed by atoms with van der Waals surface area (Å²) in [4.78, 5) is 22.4. The molecule has 0 bridgehead atoms. The Morgan fingerprint density at radius 1 is 1.05 bits per heavy atom. The lowest BCUT2D eigenvalue weighted by Gasteiger charge is -2.02. The number of esters is 2. The molecule has 1 rings (SSSR count). The monoisotopic (exact) mass is 289 g/mol. The predicted octanol–water partition coefficient (Wildman–Crippen LogP) is 2.42. The molecule has 1 aromatic rings. The van der Waals surface area contributed by atoms with Crippen LogP contribution in [0.1, 0.15) is 25.0 Å². The Morgan fingerprint density at radius 2 is 1.62 bits per heavy atom. The van der Waals surface area contributed by atoms with Crippen molar-refractivity contribution < 1.29 is 19.1 Å². The summed E-state index contributed by atoms with van der Waals surface area (Å²) < 4.78 is 9.57. The van der Waals surface area contributed by atoms with E-state index in [9.17, 15) is 9.59 Å². The topological polar surface area (TPSA) is 78.6 Å². The molecule has 0 unspecified atom stereocenters. The fourth-order valence-corrected chi connectivity index (χ4v) is 1.55. The van der Waals surface area contributed by atoms with Crippen LogP contribution in [0.5, 0.6) is 0 Å². The summed E-state index contributed by atoms with van der Waals surface area (Å²) in [5, 5.41) is 0. The van der Waals surface area contributed by atoms with Gasteiger partial charge in [0.15, 0.2) is 0 Å². The number of carbonyl (C=O) groups is 2. The standard InChI is InChI=1S/C16H19NO4/c1-3-20-15(18)9-6-12-5-7-13(14(17)11-12)8-10-16(19)21-4-2/h5-11H,3-4,17H2,1-2H3. The molecular weight excluding hydrogens is 270 g/mol. The Bertz CT molecular complexity index is 561. The minimum atomic E-state index is -0.414. The van der Waals surface area contributed by atoms with Crippen LogP contribution in [0.4, 0.5) is 5.69 Å². The van der Waals surface area contributed by atoms with E-state index in [2.05, 4.69) is 0 Å². The molecule has 5 nitrogen and oxygen atoms in total. The molecule has 0 saturated heterocycles. The van der Waals surface area contributed by atoms with Gasteiger partial charge in [-0.3, -0.25) is 0 Å². The Hall–Kier alpha value is -2.56. The largest absolute Gasteiger partial charge is 0.463 e. The van der Waals surface area contributed by atoms with Crippen LogP contribution in [-0.4, -0.2) is 25.2 Å². The number of anilines is 1. The molecule has 0 atom stereocenters. The van der Waals surface area contributed by atoms with Crippen molar-refractivity contribution in [3.8, 4) is 0 Å². The van der Waals surface area contributed by atoms with Crippen LogP contribution in [-0.2, 0) is 19.1 Å². The van der Waals surface area contributed by atoms with Gasteiger partial charge in [0.25, 0.3) is 0 Å². The number of rotatable bonds is 6. The molecular formula is C16H19NO4. The van der Waals surface area contributed by atoms with E-state index in [0.717, 1.165) is 5.56 Å². The fourth-order valence-electron chi connectivity index (χ4n) is 1.55. The molecule has 21 heavy (non-hydrogen) atoms. The fraction of sp³-hybridized carbons (Fsp3) is 0.250. The van der Waals surface area contributed by atoms with Crippen LogP contribution in [0.3, 0.4) is 0 Å². The van der Waals surface area contributed by atoms with Crippen LogP contribution in [0, 0.1) is 0 Å². The van der Waals surface area contributed by atoms with Crippen LogP contribution < -0.4 is 5.73 Å². The molecule has 112 valence electrons. The summed E-state index contributed by atoms with van der Waals surface area (Å²) in [7, 11) is 0. The molecule has 0 fully saturated rings. The van der Waals surface area contributed by atoms with Gasteiger partial charge in [-0.25, -0.2) is 9.59 Å². The van der Waals surface area contributed by atoms with Gasteiger partial charge in [0, 0.05) is 17.8 Å². The maximum absolute atomic E-state index is 11.2. The van der Waals surface area contributed by atoms with Crippen LogP contribution in [0.15, 0.2) is 30.4 Å². The predicted molar refractivity (Wildman–Crippen MR) is 82.2 cm³/mol. The van der Waals surface area contributed by atoms with E-state index < -0.39 is 11.9 Å². The number of carbonyl (C=O) groups excluding carboxylic acids is 2. The first kappa shape index (κ1) is 16.5. The first-order chi connectivity index (χ1) is 10.1. The van der Waals surface area contributed by atoms with Crippen molar-refractivity contribution in [3.05, 3.63) is 41.5 Å². The van der Waals surface area contributed by atoms with Crippen molar-refractivity contribution in [3.63, 3.8) is 0 Å². The van der Waals surface area contributed by atoms with Gasteiger partial charge in [-0.05, 0) is 43.2 Å². The number of hydrogen-bond donors (Lipinski definition) is 1. The molecule has 0 aromatic heterocycles. The molecule has 0 aliphatic carbocycles. The highest BCUT2D eigenvalue weighted by atomic mass is 16.5. The van der Waals surface area contributed by atoms with E-state index in [1.54, 1.807) is 44.2 Å². The molecule has 0 amide bonds. The maximum atomic E-state index is 11.2. The molecule has 0 spiro atoms. The zero-order valence-corrected chi connectivity index (χ0v) is 12.2. The highest BCUT2D eigenvalue weighted by Gasteiger charge is 2.00. The van der Waals surface area contributed by atoms with E-state index in [-0.39, 0.29) is 0 Å². The molecule has 5 heteroatoms. The molecule has 1 aromatic carbocycles. The molecule has 0 aliphatic rings. The van der Waals surface area contributed by atoms with Gasteiger partial charge in [0.2, 0.25) is 0 Å². The Kier molecular flexibility index (Phi) is 6.74. The molecule has 0 aliphatic heterocycles. The quantitative estimate of drug-likeness (QED) is 0.494. The summed E-state index contributed by atoms with van der Waals surface area (Å²) in [6, 6.07) is 5.26. The number of ether oxygens (including phenoxy) is 2. The molecule has 2 N–H and O–H groups in total. The lowest BCUT2D eigenvalue weighted by atomic mass is 10.1. The summed E-state index contributed by atoms with van der Waals surface area (Å²) in [5.74, 6) is -0.814. The number of benzene rings is 1. The summed E-state index contributed by atoms with van der Waals surface area (Å²) >= 11 is 0. The van der Waals surface area contributed by atoms with E-state index in [0.29, 0.717) is 24.5 Å². The lowest BCUT2D eigenvalue weighted by molar-refractivity contribution is -0.138. The van der Waals surface area contributed by atoms with Gasteiger partial charge in [-0.2, -0.15) is 0 Å². The zero-order chi connectivity index (χ0) is 15.7. The minimum absolute atomic E-state index is 0.330. The third kappa shape index (κ3) is 5.95. The number of nitrogen functional groups attached to an aromatic ring is 1. The van der Waals surface area contributed by atoms with Gasteiger partial charge in [0.1, 0.15) is 0 Å². The normalized spacial score (nSPS) is 11.0. The van der Waals surface area contributed by atoms with Gasteiger partial charge in [-0.1, -0.05) is 12.1 Å². The van der Waals surface area contributed by atoms with Crippen molar-refractivity contribution in [2.45, 2.75) is 13.8 Å². The third-order valence-corrected chi connectivity index (χ3v) is 2.49. The summed E-state index contributed by atoms with van der Waals surface area (Å²) in [6.07, 6.45) is 5.87. The number of hydrogen-bond acceptors (Lipinski definition) is 5. The second kappa shape index (κ2) is 8.58. The Morgan fingerprint density at radius 3 is 2.14 bits per heavy atom.